The summed E-state index contributed by atoms with van der Waals surface area (Å²) < 4.78 is 0. The van der Waals surface area contributed by atoms with Gasteiger partial charge >= 0.3 is 0 Å². The predicted octanol–water partition coefficient (Wildman–Crippen LogP) is 2.74. The van der Waals surface area contributed by atoms with Crippen molar-refractivity contribution in [3.05, 3.63) is 0 Å². The van der Waals surface area contributed by atoms with Crippen LogP contribution in [0.1, 0.15) is 46.5 Å². The zero-order valence-electron chi connectivity index (χ0n) is 11.6. The molecule has 1 aliphatic carbocycles. The lowest BCUT2D eigenvalue weighted by molar-refractivity contribution is 0.198. The van der Waals surface area contributed by atoms with Crippen LogP contribution < -0.4 is 5.32 Å². The predicted molar refractivity (Wildman–Crippen MR) is 71.8 cm³/mol. The summed E-state index contributed by atoms with van der Waals surface area (Å²) in [5.74, 6) is 1.73. The van der Waals surface area contributed by atoms with E-state index in [1.165, 1.54) is 45.3 Å². The van der Waals surface area contributed by atoms with E-state index >= 15 is 0 Å². The highest BCUT2D eigenvalue weighted by molar-refractivity contribution is 4.84. The highest BCUT2D eigenvalue weighted by Crippen LogP contribution is 2.26. The van der Waals surface area contributed by atoms with Crippen molar-refractivity contribution in [2.24, 2.45) is 11.8 Å². The van der Waals surface area contributed by atoms with Crippen LogP contribution in [0.4, 0.5) is 0 Å². The Hall–Kier alpha value is -0.0800. The molecular formula is C14H30N2. The second kappa shape index (κ2) is 7.29. The van der Waals surface area contributed by atoms with E-state index in [9.17, 15) is 0 Å². The molecule has 2 heteroatoms. The van der Waals surface area contributed by atoms with Crippen LogP contribution in [0, 0.1) is 11.8 Å². The molecule has 1 aliphatic rings. The third-order valence-corrected chi connectivity index (χ3v) is 4.24. The van der Waals surface area contributed by atoms with Gasteiger partial charge in [-0.25, -0.2) is 0 Å². The van der Waals surface area contributed by atoms with Gasteiger partial charge in [0, 0.05) is 19.1 Å². The lowest BCUT2D eigenvalue weighted by Crippen LogP contribution is -2.39. The maximum absolute atomic E-state index is 3.48. The number of nitrogens with one attached hydrogen (secondary N) is 1. The summed E-state index contributed by atoms with van der Waals surface area (Å²) in [6, 6.07) is 0.769. The van der Waals surface area contributed by atoms with Gasteiger partial charge in [-0.3, -0.25) is 0 Å². The first-order valence-corrected chi connectivity index (χ1v) is 7.10. The Labute approximate surface area is 102 Å². The first kappa shape index (κ1) is 14.0. The standard InChI is InChI=1S/C14H30N2/c1-5-12(3)10-16(6-2)11-13-8-7-9-14(13)15-4/h12-15H,5-11H2,1-4H3. The largest absolute Gasteiger partial charge is 0.317 e. The molecule has 0 aromatic carbocycles. The molecule has 3 unspecified atom stereocenters. The fourth-order valence-corrected chi connectivity index (χ4v) is 2.87. The average molecular weight is 226 g/mol. The van der Waals surface area contributed by atoms with Crippen molar-refractivity contribution in [1.29, 1.82) is 0 Å². The summed E-state index contributed by atoms with van der Waals surface area (Å²) in [5, 5.41) is 3.48. The van der Waals surface area contributed by atoms with Crippen molar-refractivity contribution in [2.75, 3.05) is 26.7 Å². The highest BCUT2D eigenvalue weighted by Gasteiger charge is 2.27. The number of hydrogen-bond donors (Lipinski definition) is 1. The van der Waals surface area contributed by atoms with Crippen LogP contribution in [0.3, 0.4) is 0 Å². The summed E-state index contributed by atoms with van der Waals surface area (Å²) >= 11 is 0. The zero-order valence-corrected chi connectivity index (χ0v) is 11.6. The Bertz CT molecular complexity index is 182. The van der Waals surface area contributed by atoms with Gasteiger partial charge in [0.2, 0.25) is 0 Å². The van der Waals surface area contributed by atoms with Crippen molar-refractivity contribution < 1.29 is 0 Å². The Morgan fingerprint density at radius 3 is 2.62 bits per heavy atom. The van der Waals surface area contributed by atoms with Crippen LogP contribution >= 0.6 is 0 Å². The smallest absolute Gasteiger partial charge is 0.0104 e. The molecular weight excluding hydrogens is 196 g/mol. The van der Waals surface area contributed by atoms with Gasteiger partial charge in [0.05, 0.1) is 0 Å². The monoisotopic (exact) mass is 226 g/mol. The molecule has 1 saturated carbocycles. The molecule has 96 valence electrons. The second-order valence-electron chi connectivity index (χ2n) is 5.45. The van der Waals surface area contributed by atoms with Crippen LogP contribution in [-0.2, 0) is 0 Å². The molecule has 1 rings (SSSR count). The maximum Gasteiger partial charge on any atom is 0.0104 e. The molecule has 0 amide bonds. The van der Waals surface area contributed by atoms with Crippen molar-refractivity contribution in [3.63, 3.8) is 0 Å². The molecule has 0 aromatic rings. The van der Waals surface area contributed by atoms with E-state index in [1.54, 1.807) is 0 Å². The van der Waals surface area contributed by atoms with Crippen molar-refractivity contribution in [3.8, 4) is 0 Å². The summed E-state index contributed by atoms with van der Waals surface area (Å²) in [4.78, 5) is 2.65. The van der Waals surface area contributed by atoms with Gasteiger partial charge in [0.25, 0.3) is 0 Å². The highest BCUT2D eigenvalue weighted by atomic mass is 15.1. The van der Waals surface area contributed by atoms with E-state index in [-0.39, 0.29) is 0 Å². The lowest BCUT2D eigenvalue weighted by Gasteiger charge is -2.29. The third kappa shape index (κ3) is 4.06. The Balaban J connectivity index is 2.37. The van der Waals surface area contributed by atoms with Gasteiger partial charge in [-0.15, -0.1) is 0 Å². The van der Waals surface area contributed by atoms with E-state index in [0.29, 0.717) is 0 Å². The van der Waals surface area contributed by atoms with Gasteiger partial charge in [-0.1, -0.05) is 33.6 Å². The van der Waals surface area contributed by atoms with Gasteiger partial charge in [-0.05, 0) is 38.3 Å². The quantitative estimate of drug-likeness (QED) is 0.718. The fourth-order valence-electron chi connectivity index (χ4n) is 2.87. The minimum absolute atomic E-state index is 0.769. The number of nitrogens with zero attached hydrogens (tertiary/aromatic N) is 1. The Kier molecular flexibility index (Phi) is 6.37. The van der Waals surface area contributed by atoms with E-state index in [2.05, 4.69) is 38.0 Å². The third-order valence-electron chi connectivity index (χ3n) is 4.24. The van der Waals surface area contributed by atoms with Crippen LogP contribution in [-0.4, -0.2) is 37.6 Å². The van der Waals surface area contributed by atoms with Gasteiger partial charge in [0.1, 0.15) is 0 Å². The summed E-state index contributed by atoms with van der Waals surface area (Å²) in [7, 11) is 2.12. The topological polar surface area (TPSA) is 15.3 Å². The molecule has 0 spiro atoms. The summed E-state index contributed by atoms with van der Waals surface area (Å²) in [5.41, 5.74) is 0. The van der Waals surface area contributed by atoms with Crippen LogP contribution in [0.5, 0.6) is 0 Å². The molecule has 0 aliphatic heterocycles. The maximum atomic E-state index is 3.48. The minimum Gasteiger partial charge on any atom is -0.317 e. The molecule has 3 atom stereocenters. The molecule has 0 bridgehead atoms. The lowest BCUT2D eigenvalue weighted by atomic mass is 10.0. The SMILES string of the molecule is CCC(C)CN(CC)CC1CCCC1NC. The number of rotatable bonds is 7. The average Bonchev–Trinajstić information content (AvgIpc) is 2.75. The molecule has 2 nitrogen and oxygen atoms in total. The normalized spacial score (nSPS) is 27.6. The van der Waals surface area contributed by atoms with Crippen LogP contribution in [0.15, 0.2) is 0 Å². The van der Waals surface area contributed by atoms with Gasteiger partial charge < -0.3 is 10.2 Å². The van der Waals surface area contributed by atoms with Gasteiger partial charge in [-0.2, -0.15) is 0 Å². The van der Waals surface area contributed by atoms with Crippen molar-refractivity contribution in [1.82, 2.24) is 10.2 Å². The van der Waals surface area contributed by atoms with Gasteiger partial charge in [0.15, 0.2) is 0 Å². The molecule has 0 radical (unpaired) electrons. The van der Waals surface area contributed by atoms with E-state index in [0.717, 1.165) is 17.9 Å². The first-order valence-electron chi connectivity index (χ1n) is 7.10. The van der Waals surface area contributed by atoms with E-state index in [4.69, 9.17) is 0 Å². The molecule has 16 heavy (non-hydrogen) atoms. The van der Waals surface area contributed by atoms with E-state index in [1.807, 2.05) is 0 Å². The van der Waals surface area contributed by atoms with Crippen LogP contribution in [0.25, 0.3) is 0 Å². The Morgan fingerprint density at radius 2 is 2.06 bits per heavy atom. The minimum atomic E-state index is 0.769. The first-order chi connectivity index (χ1) is 7.71. The zero-order chi connectivity index (χ0) is 12.0. The summed E-state index contributed by atoms with van der Waals surface area (Å²) in [6.07, 6.45) is 5.51. The van der Waals surface area contributed by atoms with E-state index < -0.39 is 0 Å². The number of hydrogen-bond acceptors (Lipinski definition) is 2. The molecule has 1 N–H and O–H groups in total. The molecule has 1 fully saturated rings. The van der Waals surface area contributed by atoms with Crippen LogP contribution in [0.2, 0.25) is 0 Å². The van der Waals surface area contributed by atoms with Crippen molar-refractivity contribution >= 4 is 0 Å². The second-order valence-corrected chi connectivity index (χ2v) is 5.45. The Morgan fingerprint density at radius 1 is 1.31 bits per heavy atom. The molecule has 0 aromatic heterocycles. The summed E-state index contributed by atoms with van der Waals surface area (Å²) in [6.45, 7) is 10.7. The molecule has 0 heterocycles. The molecule has 0 saturated heterocycles. The van der Waals surface area contributed by atoms with Crippen molar-refractivity contribution in [2.45, 2.75) is 52.5 Å². The fraction of sp³-hybridized carbons (Fsp3) is 1.00.